The summed E-state index contributed by atoms with van der Waals surface area (Å²) in [6.07, 6.45) is 0. The van der Waals surface area contributed by atoms with Crippen molar-refractivity contribution in [1.29, 1.82) is 0 Å². The summed E-state index contributed by atoms with van der Waals surface area (Å²) in [7, 11) is 0. The molecule has 0 aromatic heterocycles. The van der Waals surface area contributed by atoms with E-state index < -0.39 is 11.9 Å². The van der Waals surface area contributed by atoms with E-state index in [1.54, 1.807) is 13.8 Å². The number of rotatable bonds is 2. The number of aliphatic imine (C=N–C) groups is 1. The van der Waals surface area contributed by atoms with Gasteiger partial charge >= 0.3 is 6.03 Å². The van der Waals surface area contributed by atoms with Crippen LogP contribution in [0.2, 0.25) is 0 Å². The first-order valence-corrected chi connectivity index (χ1v) is 3.77. The quantitative estimate of drug-likeness (QED) is 0.390. The molecule has 0 aromatic carbocycles. The van der Waals surface area contributed by atoms with Crippen LogP contribution in [0, 0.1) is 0 Å². The first-order valence-electron chi connectivity index (χ1n) is 3.77. The number of carbonyl (C=O) groups excluding carboxylic acids is 2. The Bertz CT molecular complexity index is 248. The number of amides is 3. The van der Waals surface area contributed by atoms with E-state index in [1.807, 2.05) is 0 Å². The summed E-state index contributed by atoms with van der Waals surface area (Å²) in [6, 6.07) is -0.586. The molecule has 0 radical (unpaired) electrons. The largest absolute Gasteiger partial charge is 0.361 e. The molecule has 0 aliphatic heterocycles. The van der Waals surface area contributed by atoms with Gasteiger partial charge < -0.3 is 0 Å². The molecule has 0 unspecified atom stereocenters. The molecule has 72 valence electrons. The van der Waals surface area contributed by atoms with Gasteiger partial charge in [-0.15, -0.1) is 0 Å². The predicted octanol–water partition coefficient (Wildman–Crippen LogP) is 0.736. The molecule has 1 N–H and O–H groups in total. The van der Waals surface area contributed by atoms with Crippen molar-refractivity contribution in [2.75, 3.05) is 6.54 Å². The van der Waals surface area contributed by atoms with Crippen LogP contribution >= 0.6 is 0 Å². The monoisotopic (exact) mass is 183 g/mol. The van der Waals surface area contributed by atoms with E-state index in [0.717, 1.165) is 5.01 Å². The van der Waals surface area contributed by atoms with Gasteiger partial charge in [-0.05, 0) is 20.6 Å². The number of hydrogen-bond donors (Lipinski definition) is 1. The molecule has 0 saturated heterocycles. The Morgan fingerprint density at radius 2 is 2.08 bits per heavy atom. The van der Waals surface area contributed by atoms with E-state index in [4.69, 9.17) is 0 Å². The summed E-state index contributed by atoms with van der Waals surface area (Å²) in [5.41, 5.74) is 2.66. The summed E-state index contributed by atoms with van der Waals surface area (Å²) < 4.78 is 0. The predicted molar refractivity (Wildman–Crippen MR) is 50.3 cm³/mol. The number of nitrogens with zero attached hydrogens (tertiary/aromatic N) is 2. The molecule has 5 nitrogen and oxygen atoms in total. The highest BCUT2D eigenvalue weighted by Gasteiger charge is 2.12. The van der Waals surface area contributed by atoms with Crippen LogP contribution in [0.4, 0.5) is 4.79 Å². The third-order valence-corrected chi connectivity index (χ3v) is 1.31. The molecule has 13 heavy (non-hydrogen) atoms. The van der Waals surface area contributed by atoms with E-state index in [1.165, 1.54) is 0 Å². The molecule has 0 aliphatic rings. The summed E-state index contributed by atoms with van der Waals surface area (Å²) in [5.74, 6) is -0.404. The number of nitrogens with one attached hydrogen (secondary N) is 1. The fraction of sp³-hybridized carbons (Fsp3) is 0.375. The fourth-order valence-electron chi connectivity index (χ4n) is 0.566. The average molecular weight is 183 g/mol. The van der Waals surface area contributed by atoms with Crippen molar-refractivity contribution in [3.8, 4) is 0 Å². The van der Waals surface area contributed by atoms with Gasteiger partial charge in [0, 0.05) is 12.1 Å². The molecule has 0 spiro atoms. The molecule has 5 heteroatoms. The van der Waals surface area contributed by atoms with Crippen LogP contribution < -0.4 is 5.43 Å². The molecular weight excluding hydrogens is 170 g/mol. The van der Waals surface area contributed by atoms with Crippen LogP contribution in [0.1, 0.15) is 13.8 Å². The van der Waals surface area contributed by atoms with Crippen molar-refractivity contribution in [1.82, 2.24) is 10.4 Å². The normalized spacial score (nSPS) is 8.77. The molecule has 3 amide bonds. The van der Waals surface area contributed by atoms with E-state index in [-0.39, 0.29) is 0 Å². The van der Waals surface area contributed by atoms with Crippen molar-refractivity contribution in [2.45, 2.75) is 13.8 Å². The lowest BCUT2D eigenvalue weighted by Gasteiger charge is -2.18. The van der Waals surface area contributed by atoms with Crippen molar-refractivity contribution >= 4 is 18.7 Å². The zero-order valence-electron chi connectivity index (χ0n) is 7.83. The number of hydrazine groups is 1. The van der Waals surface area contributed by atoms with Crippen LogP contribution in [-0.4, -0.2) is 30.2 Å². The maximum absolute atomic E-state index is 11.1. The van der Waals surface area contributed by atoms with Crippen molar-refractivity contribution in [3.05, 3.63) is 12.2 Å². The van der Waals surface area contributed by atoms with Crippen molar-refractivity contribution in [3.63, 3.8) is 0 Å². The zero-order chi connectivity index (χ0) is 10.4. The molecule has 0 fully saturated rings. The maximum Gasteiger partial charge on any atom is 0.361 e. The van der Waals surface area contributed by atoms with Crippen LogP contribution in [-0.2, 0) is 4.79 Å². The van der Waals surface area contributed by atoms with Gasteiger partial charge in [0.05, 0.1) is 0 Å². The van der Waals surface area contributed by atoms with E-state index in [9.17, 15) is 9.59 Å². The molecule has 0 aromatic rings. The highest BCUT2D eigenvalue weighted by molar-refractivity contribution is 5.93. The molecular formula is C8H13N3O2. The molecule has 0 rings (SSSR count). The SMILES string of the molecule is C=NC(=O)N(CC)NC(=O)C(=C)C. The third kappa shape index (κ3) is 3.50. The fourth-order valence-corrected chi connectivity index (χ4v) is 0.566. The summed E-state index contributed by atoms with van der Waals surface area (Å²) in [6.45, 7) is 10.1. The second-order valence-electron chi connectivity index (χ2n) is 2.41. The maximum atomic E-state index is 11.1. The molecule has 0 bridgehead atoms. The minimum absolute atomic E-state index is 0.329. The first kappa shape index (κ1) is 11.4. The second-order valence-corrected chi connectivity index (χ2v) is 2.41. The first-order chi connectivity index (χ1) is 6.02. The molecule has 0 atom stereocenters. The van der Waals surface area contributed by atoms with Gasteiger partial charge in [0.15, 0.2) is 0 Å². The standard InChI is InChI=1S/C8H13N3O2/c1-5-11(8(13)9-4)10-7(12)6(2)3/h2,4-5H2,1,3H3,(H,10,12). The van der Waals surface area contributed by atoms with Crippen LogP contribution in [0.15, 0.2) is 17.1 Å². The average Bonchev–Trinajstić information content (AvgIpc) is 2.12. The summed E-state index contributed by atoms with van der Waals surface area (Å²) in [5, 5.41) is 1.06. The van der Waals surface area contributed by atoms with Crippen molar-refractivity contribution < 1.29 is 9.59 Å². The lowest BCUT2D eigenvalue weighted by molar-refractivity contribution is -0.120. The Morgan fingerprint density at radius 1 is 1.54 bits per heavy atom. The number of urea groups is 1. The summed E-state index contributed by atoms with van der Waals surface area (Å²) >= 11 is 0. The van der Waals surface area contributed by atoms with Gasteiger partial charge in [-0.3, -0.25) is 10.2 Å². The Labute approximate surface area is 77.1 Å². The zero-order valence-corrected chi connectivity index (χ0v) is 7.83. The Balaban J connectivity index is 4.29. The van der Waals surface area contributed by atoms with Gasteiger partial charge in [0.2, 0.25) is 0 Å². The smallest absolute Gasteiger partial charge is 0.268 e. The van der Waals surface area contributed by atoms with E-state index in [0.29, 0.717) is 12.1 Å². The van der Waals surface area contributed by atoms with Crippen molar-refractivity contribution in [2.24, 2.45) is 4.99 Å². The van der Waals surface area contributed by atoms with Crippen LogP contribution in [0.5, 0.6) is 0 Å². The van der Waals surface area contributed by atoms with Crippen LogP contribution in [0.25, 0.3) is 0 Å². The van der Waals surface area contributed by atoms with E-state index in [2.05, 4.69) is 23.7 Å². The topological polar surface area (TPSA) is 61.8 Å². The van der Waals surface area contributed by atoms with Crippen LogP contribution in [0.3, 0.4) is 0 Å². The minimum Gasteiger partial charge on any atom is -0.268 e. The number of carbonyl (C=O) groups is 2. The highest BCUT2D eigenvalue weighted by atomic mass is 16.2. The van der Waals surface area contributed by atoms with Gasteiger partial charge in [0.25, 0.3) is 5.91 Å². The Hall–Kier alpha value is -1.65. The minimum atomic E-state index is -0.586. The molecule has 0 saturated carbocycles. The second kappa shape index (κ2) is 5.08. The number of hydrogen-bond acceptors (Lipinski definition) is 2. The molecule has 0 aliphatic carbocycles. The van der Waals surface area contributed by atoms with Gasteiger partial charge in [-0.25, -0.2) is 14.8 Å². The lowest BCUT2D eigenvalue weighted by Crippen LogP contribution is -2.44. The Morgan fingerprint density at radius 3 is 2.38 bits per heavy atom. The van der Waals surface area contributed by atoms with E-state index >= 15 is 0 Å². The van der Waals surface area contributed by atoms with Gasteiger partial charge in [-0.2, -0.15) is 0 Å². The Kier molecular flexibility index (Phi) is 4.43. The van der Waals surface area contributed by atoms with Gasteiger partial charge in [-0.1, -0.05) is 6.58 Å². The van der Waals surface area contributed by atoms with Gasteiger partial charge in [0.1, 0.15) is 0 Å². The lowest BCUT2D eigenvalue weighted by atomic mass is 10.3. The molecule has 0 heterocycles. The third-order valence-electron chi connectivity index (χ3n) is 1.31. The summed E-state index contributed by atoms with van der Waals surface area (Å²) in [4.78, 5) is 25.2. The highest BCUT2D eigenvalue weighted by Crippen LogP contribution is 1.91.